The van der Waals surface area contributed by atoms with E-state index >= 15 is 0 Å². The number of nitrogens with one attached hydrogen (secondary N) is 1. The third kappa shape index (κ3) is 6.38. The van der Waals surface area contributed by atoms with E-state index in [0.29, 0.717) is 43.4 Å². The van der Waals surface area contributed by atoms with Crippen molar-refractivity contribution in [3.63, 3.8) is 0 Å². The fourth-order valence-corrected chi connectivity index (χ4v) is 2.54. The van der Waals surface area contributed by atoms with Gasteiger partial charge >= 0.3 is 0 Å². The number of hydrogen-bond acceptors (Lipinski definition) is 5. The lowest BCUT2D eigenvalue weighted by molar-refractivity contribution is -0.126. The van der Waals surface area contributed by atoms with Crippen molar-refractivity contribution >= 4 is 24.0 Å². The number of carbonyl (C=O) groups is 1. The molecule has 1 aliphatic heterocycles. The molecule has 7 heteroatoms. The summed E-state index contributed by atoms with van der Waals surface area (Å²) in [6.07, 6.45) is 2.89. The molecule has 0 aliphatic carbocycles. The van der Waals surface area contributed by atoms with Crippen molar-refractivity contribution in [2.75, 3.05) is 25.1 Å². The van der Waals surface area contributed by atoms with Crippen LogP contribution in [0.3, 0.4) is 0 Å². The second kappa shape index (κ2) is 11.2. The minimum atomic E-state index is -0.436. The fourth-order valence-electron chi connectivity index (χ4n) is 2.54. The molecule has 1 amide bonds. The first-order valence-corrected chi connectivity index (χ1v) is 8.74. The Hall–Kier alpha value is -1.50. The first-order chi connectivity index (χ1) is 11.7. The maximum Gasteiger partial charge on any atom is 0.253 e. The van der Waals surface area contributed by atoms with Crippen LogP contribution >= 0.6 is 12.4 Å². The van der Waals surface area contributed by atoms with Crippen molar-refractivity contribution in [1.82, 2.24) is 0 Å². The van der Waals surface area contributed by atoms with Gasteiger partial charge in [0.05, 0.1) is 19.3 Å². The van der Waals surface area contributed by atoms with Gasteiger partial charge in [-0.15, -0.1) is 12.4 Å². The van der Waals surface area contributed by atoms with Crippen LogP contribution in [0, 0.1) is 0 Å². The molecule has 1 aromatic carbocycles. The van der Waals surface area contributed by atoms with Crippen LogP contribution in [0.15, 0.2) is 18.2 Å². The molecule has 1 fully saturated rings. The number of amides is 1. The molecule has 0 bridgehead atoms. The maximum absolute atomic E-state index is 12.3. The Balaban J connectivity index is 0.00000312. The monoisotopic (exact) mass is 372 g/mol. The van der Waals surface area contributed by atoms with Crippen LogP contribution in [0.4, 0.5) is 5.69 Å². The third-order valence-corrected chi connectivity index (χ3v) is 3.80. The number of halogens is 1. The van der Waals surface area contributed by atoms with E-state index in [1.54, 1.807) is 6.07 Å². The van der Waals surface area contributed by atoms with Gasteiger partial charge in [-0.25, -0.2) is 0 Å². The van der Waals surface area contributed by atoms with E-state index in [2.05, 4.69) is 12.2 Å². The summed E-state index contributed by atoms with van der Waals surface area (Å²) in [5.41, 5.74) is 6.26. The molecule has 3 N–H and O–H groups in total. The van der Waals surface area contributed by atoms with E-state index in [9.17, 15) is 4.79 Å². The molecule has 0 radical (unpaired) electrons. The molecular formula is C18H29ClN2O4. The molecule has 0 aromatic heterocycles. The molecule has 0 spiro atoms. The number of carbonyl (C=O) groups excluding carboxylic acids is 1. The topological polar surface area (TPSA) is 82.8 Å². The quantitative estimate of drug-likeness (QED) is 0.695. The summed E-state index contributed by atoms with van der Waals surface area (Å²) in [7, 11) is 0. The van der Waals surface area contributed by atoms with Gasteiger partial charge in [0.15, 0.2) is 11.5 Å². The Morgan fingerprint density at radius 1 is 1.20 bits per heavy atom. The van der Waals surface area contributed by atoms with Crippen molar-refractivity contribution in [2.45, 2.75) is 51.7 Å². The molecule has 2 atom stereocenters. The average Bonchev–Trinajstić information content (AvgIpc) is 3.08. The number of ether oxygens (including phenoxy) is 3. The number of hydrogen-bond donors (Lipinski definition) is 2. The van der Waals surface area contributed by atoms with E-state index in [-0.39, 0.29) is 24.4 Å². The third-order valence-electron chi connectivity index (χ3n) is 3.80. The minimum absolute atomic E-state index is 0. The maximum atomic E-state index is 12.3. The SMILES string of the molecule is CCCOc1ccc(NC(=O)[C@@H]2CC[C@H](CN)O2)cc1OCCC.Cl. The number of rotatable bonds is 9. The summed E-state index contributed by atoms with van der Waals surface area (Å²) in [6.45, 7) is 5.78. The molecule has 1 saturated heterocycles. The molecular weight excluding hydrogens is 344 g/mol. The lowest BCUT2D eigenvalue weighted by atomic mass is 10.2. The molecule has 142 valence electrons. The Morgan fingerprint density at radius 2 is 1.88 bits per heavy atom. The summed E-state index contributed by atoms with van der Waals surface area (Å²) in [6, 6.07) is 5.44. The highest BCUT2D eigenvalue weighted by molar-refractivity contribution is 5.94. The van der Waals surface area contributed by atoms with Gasteiger partial charge in [-0.3, -0.25) is 4.79 Å². The van der Waals surface area contributed by atoms with Gasteiger partial charge in [-0.1, -0.05) is 13.8 Å². The first-order valence-electron chi connectivity index (χ1n) is 8.74. The average molecular weight is 373 g/mol. The minimum Gasteiger partial charge on any atom is -0.490 e. The van der Waals surface area contributed by atoms with E-state index < -0.39 is 6.10 Å². The molecule has 1 aromatic rings. The normalized spacial score (nSPS) is 19.2. The molecule has 25 heavy (non-hydrogen) atoms. The lowest BCUT2D eigenvalue weighted by Crippen LogP contribution is -2.29. The van der Waals surface area contributed by atoms with Crippen molar-refractivity contribution in [3.8, 4) is 11.5 Å². The Labute approximate surface area is 155 Å². The number of anilines is 1. The van der Waals surface area contributed by atoms with E-state index in [1.165, 1.54) is 0 Å². The zero-order valence-corrected chi connectivity index (χ0v) is 15.8. The number of benzene rings is 1. The summed E-state index contributed by atoms with van der Waals surface area (Å²) < 4.78 is 17.1. The van der Waals surface area contributed by atoms with Crippen LogP contribution in [0.2, 0.25) is 0 Å². The summed E-state index contributed by atoms with van der Waals surface area (Å²) in [5, 5.41) is 2.89. The molecule has 1 heterocycles. The molecule has 0 saturated carbocycles. The fraction of sp³-hybridized carbons (Fsp3) is 0.611. The van der Waals surface area contributed by atoms with Crippen molar-refractivity contribution < 1.29 is 19.0 Å². The van der Waals surface area contributed by atoms with Gasteiger partial charge in [-0.2, -0.15) is 0 Å². The van der Waals surface area contributed by atoms with Gasteiger partial charge in [0.2, 0.25) is 0 Å². The van der Waals surface area contributed by atoms with Crippen molar-refractivity contribution in [3.05, 3.63) is 18.2 Å². The summed E-state index contributed by atoms with van der Waals surface area (Å²) in [4.78, 5) is 12.3. The van der Waals surface area contributed by atoms with Crippen molar-refractivity contribution in [2.24, 2.45) is 5.73 Å². The summed E-state index contributed by atoms with van der Waals surface area (Å²) >= 11 is 0. The lowest BCUT2D eigenvalue weighted by Gasteiger charge is -2.16. The molecule has 6 nitrogen and oxygen atoms in total. The largest absolute Gasteiger partial charge is 0.490 e. The zero-order chi connectivity index (χ0) is 17.4. The van der Waals surface area contributed by atoms with E-state index in [1.807, 2.05) is 19.1 Å². The van der Waals surface area contributed by atoms with Crippen LogP contribution in [0.5, 0.6) is 11.5 Å². The zero-order valence-electron chi connectivity index (χ0n) is 15.0. The van der Waals surface area contributed by atoms with Gasteiger partial charge in [0, 0.05) is 18.3 Å². The highest BCUT2D eigenvalue weighted by Gasteiger charge is 2.29. The predicted octanol–water partition coefficient (Wildman–Crippen LogP) is 3.13. The van der Waals surface area contributed by atoms with E-state index in [0.717, 1.165) is 19.3 Å². The van der Waals surface area contributed by atoms with Crippen LogP contribution in [-0.4, -0.2) is 37.9 Å². The number of nitrogens with two attached hydrogens (primary N) is 1. The molecule has 1 aliphatic rings. The smallest absolute Gasteiger partial charge is 0.253 e. The standard InChI is InChI=1S/C18H28N2O4.ClH/c1-3-9-22-15-7-5-13(11-17(15)23-10-4-2)20-18(21)16-8-6-14(12-19)24-16;/h5,7,11,14,16H,3-4,6,8-10,12,19H2,1-2H3,(H,20,21);1H/t14-,16+;/m1./s1. The van der Waals surface area contributed by atoms with Gasteiger partial charge in [0.25, 0.3) is 5.91 Å². The highest BCUT2D eigenvalue weighted by atomic mass is 35.5. The summed E-state index contributed by atoms with van der Waals surface area (Å²) in [5.74, 6) is 1.20. The van der Waals surface area contributed by atoms with Crippen LogP contribution in [0.1, 0.15) is 39.5 Å². The molecule has 0 unspecified atom stereocenters. The second-order valence-electron chi connectivity index (χ2n) is 5.91. The predicted molar refractivity (Wildman–Crippen MR) is 101 cm³/mol. The Morgan fingerprint density at radius 3 is 2.48 bits per heavy atom. The molecule has 2 rings (SSSR count). The first kappa shape index (κ1) is 21.5. The highest BCUT2D eigenvalue weighted by Crippen LogP contribution is 2.31. The van der Waals surface area contributed by atoms with Crippen LogP contribution in [0.25, 0.3) is 0 Å². The van der Waals surface area contributed by atoms with Crippen LogP contribution in [-0.2, 0) is 9.53 Å². The van der Waals surface area contributed by atoms with Gasteiger partial charge in [0.1, 0.15) is 6.10 Å². The van der Waals surface area contributed by atoms with Gasteiger partial charge < -0.3 is 25.3 Å². The Kier molecular flexibility index (Phi) is 9.63. The van der Waals surface area contributed by atoms with Crippen LogP contribution < -0.4 is 20.5 Å². The van der Waals surface area contributed by atoms with Crippen molar-refractivity contribution in [1.29, 1.82) is 0 Å². The van der Waals surface area contributed by atoms with Gasteiger partial charge in [-0.05, 0) is 37.8 Å². The second-order valence-corrected chi connectivity index (χ2v) is 5.91. The Bertz CT molecular complexity index is 542. The van der Waals surface area contributed by atoms with E-state index in [4.69, 9.17) is 19.9 Å².